The highest BCUT2D eigenvalue weighted by Gasteiger charge is 2.30. The molecule has 0 fully saturated rings. The van der Waals surface area contributed by atoms with Crippen LogP contribution in [-0.4, -0.2) is 47.7 Å². The van der Waals surface area contributed by atoms with Gasteiger partial charge < -0.3 is 20.1 Å². The van der Waals surface area contributed by atoms with Gasteiger partial charge in [-0.3, -0.25) is 4.98 Å². The average molecular weight is 470 g/mol. The van der Waals surface area contributed by atoms with Crippen LogP contribution in [-0.2, 0) is 11.0 Å². The largest absolute Gasteiger partial charge is 0.480 e. The molecule has 0 radical (unpaired) electrons. The number of aromatic nitrogens is 1. The summed E-state index contributed by atoms with van der Waals surface area (Å²) in [5, 5.41) is 12.2. The minimum absolute atomic E-state index is 0.119. The van der Waals surface area contributed by atoms with E-state index < -0.39 is 30.3 Å². The maximum absolute atomic E-state index is 12.3. The lowest BCUT2D eigenvalue weighted by Gasteiger charge is -2.13. The molecular weight excluding hydrogens is 451 g/mol. The van der Waals surface area contributed by atoms with Gasteiger partial charge in [-0.1, -0.05) is 17.7 Å². The Hall–Kier alpha value is -3.53. The van der Waals surface area contributed by atoms with E-state index in [0.29, 0.717) is 16.3 Å². The number of rotatable bonds is 4. The lowest BCUT2D eigenvalue weighted by molar-refractivity contribution is -0.139. The maximum Gasteiger partial charge on any atom is 0.416 e. The molecule has 0 bridgehead atoms. The van der Waals surface area contributed by atoms with Crippen LogP contribution in [0.1, 0.15) is 5.56 Å². The van der Waals surface area contributed by atoms with Crippen LogP contribution in [0.5, 0.6) is 5.75 Å². The Balaban J connectivity index is 0.000000227. The lowest BCUT2D eigenvalue weighted by Crippen LogP contribution is -2.27. The zero-order valence-electron chi connectivity index (χ0n) is 17.0. The fourth-order valence-corrected chi connectivity index (χ4v) is 2.59. The van der Waals surface area contributed by atoms with Crippen LogP contribution in [0.2, 0.25) is 5.02 Å². The van der Waals surface area contributed by atoms with Crippen LogP contribution >= 0.6 is 11.6 Å². The van der Waals surface area contributed by atoms with E-state index in [1.54, 1.807) is 30.5 Å². The first-order valence-electron chi connectivity index (χ1n) is 9.02. The van der Waals surface area contributed by atoms with Gasteiger partial charge in [0.1, 0.15) is 11.3 Å². The molecule has 32 heavy (non-hydrogen) atoms. The van der Waals surface area contributed by atoms with Gasteiger partial charge in [-0.15, -0.1) is 0 Å². The summed E-state index contributed by atoms with van der Waals surface area (Å²) in [7, 11) is 3.01. The number of ether oxygens (including phenoxy) is 1. The summed E-state index contributed by atoms with van der Waals surface area (Å²) < 4.78 is 42.1. The predicted octanol–water partition coefficient (Wildman–Crippen LogP) is 5.15. The molecule has 0 spiro atoms. The summed E-state index contributed by atoms with van der Waals surface area (Å²) in [6, 6.07) is 10.8. The smallest absolute Gasteiger partial charge is 0.416 e. The highest BCUT2D eigenvalue weighted by Crippen LogP contribution is 2.31. The van der Waals surface area contributed by atoms with Crippen molar-refractivity contribution in [1.82, 2.24) is 9.88 Å². The number of aliphatic carboxylic acids is 1. The molecule has 3 rings (SSSR count). The number of nitrogens with one attached hydrogen (secondary N) is 1. The number of pyridine rings is 1. The van der Waals surface area contributed by atoms with Crippen LogP contribution in [0.3, 0.4) is 0 Å². The number of alkyl halides is 3. The second-order valence-corrected chi connectivity index (χ2v) is 6.94. The van der Waals surface area contributed by atoms with Crippen LogP contribution in [0, 0.1) is 0 Å². The average Bonchev–Trinajstić information content (AvgIpc) is 2.73. The number of carbonyl (C=O) groups is 2. The van der Waals surface area contributed by atoms with E-state index >= 15 is 0 Å². The zero-order valence-corrected chi connectivity index (χ0v) is 17.7. The van der Waals surface area contributed by atoms with Crippen LogP contribution in [0.15, 0.2) is 54.7 Å². The van der Waals surface area contributed by atoms with Gasteiger partial charge in [0.25, 0.3) is 0 Å². The second kappa shape index (κ2) is 10.7. The first-order valence-corrected chi connectivity index (χ1v) is 9.40. The zero-order chi connectivity index (χ0) is 23.9. The van der Waals surface area contributed by atoms with Gasteiger partial charge in [0.05, 0.1) is 10.6 Å². The topological polar surface area (TPSA) is 91.8 Å². The highest BCUT2D eigenvalue weighted by molar-refractivity contribution is 6.35. The van der Waals surface area contributed by atoms with Crippen molar-refractivity contribution >= 4 is 40.2 Å². The van der Waals surface area contributed by atoms with E-state index in [1.165, 1.54) is 31.1 Å². The van der Waals surface area contributed by atoms with Crippen molar-refractivity contribution in [1.29, 1.82) is 0 Å². The number of hydrogen-bond donors (Lipinski definition) is 2. The molecule has 0 aliphatic carbocycles. The minimum Gasteiger partial charge on any atom is -0.480 e. The molecule has 0 unspecified atom stereocenters. The maximum atomic E-state index is 12.3. The standard InChI is InChI=1S/C11H8ClNO3.C10H11F3N2O/c12-8-3-4-9(16-6-10(14)15)11-7(8)2-1-5-13-11;1-15(2)9(16)14-8-5-3-4-7(6-8)10(11,12)13/h1-5H,6H2,(H,14,15);3-6H,1-2H3,(H,14,16). The predicted molar refractivity (Wildman–Crippen MR) is 114 cm³/mol. The quantitative estimate of drug-likeness (QED) is 0.551. The Morgan fingerprint density at radius 1 is 1.16 bits per heavy atom. The number of hydrogen-bond acceptors (Lipinski definition) is 4. The van der Waals surface area contributed by atoms with E-state index in [-0.39, 0.29) is 5.69 Å². The Bertz CT molecular complexity index is 1110. The summed E-state index contributed by atoms with van der Waals surface area (Å²) in [5.41, 5.74) is -0.103. The number of fused-ring (bicyclic) bond motifs is 1. The molecule has 2 N–H and O–H groups in total. The van der Waals surface area contributed by atoms with Crippen molar-refractivity contribution in [2.75, 3.05) is 26.0 Å². The van der Waals surface area contributed by atoms with Crippen molar-refractivity contribution in [3.05, 3.63) is 65.3 Å². The minimum atomic E-state index is -4.40. The fraction of sp³-hybridized carbons (Fsp3) is 0.190. The first kappa shape index (κ1) is 24.7. The van der Waals surface area contributed by atoms with Crippen LogP contribution in [0.25, 0.3) is 10.9 Å². The number of urea groups is 1. The molecule has 0 aliphatic heterocycles. The van der Waals surface area contributed by atoms with E-state index in [9.17, 15) is 22.8 Å². The monoisotopic (exact) mass is 469 g/mol. The molecule has 3 aromatic rings. The van der Waals surface area contributed by atoms with Crippen molar-refractivity contribution < 1.29 is 32.6 Å². The number of carbonyl (C=O) groups excluding carboxylic acids is 1. The van der Waals surface area contributed by atoms with Gasteiger partial charge >= 0.3 is 18.2 Å². The summed E-state index contributed by atoms with van der Waals surface area (Å²) >= 11 is 5.98. The molecule has 7 nitrogen and oxygen atoms in total. The molecule has 0 saturated carbocycles. The summed E-state index contributed by atoms with van der Waals surface area (Å²) in [6.07, 6.45) is -2.80. The Kier molecular flexibility index (Phi) is 8.25. The third kappa shape index (κ3) is 7.02. The molecule has 0 aliphatic rings. The molecule has 11 heteroatoms. The molecular formula is C21H19ClF3N3O4. The van der Waals surface area contributed by atoms with E-state index in [4.69, 9.17) is 21.4 Å². The Labute approximate surface area is 186 Å². The van der Waals surface area contributed by atoms with E-state index in [1.807, 2.05) is 0 Å². The number of halogens is 4. The van der Waals surface area contributed by atoms with E-state index in [0.717, 1.165) is 17.5 Å². The molecule has 0 atom stereocenters. The van der Waals surface area contributed by atoms with Crippen LogP contribution < -0.4 is 10.1 Å². The molecule has 2 amide bonds. The summed E-state index contributed by atoms with van der Waals surface area (Å²) in [4.78, 5) is 27.0. The number of anilines is 1. The van der Waals surface area contributed by atoms with E-state index in [2.05, 4.69) is 10.3 Å². The number of carboxylic acid groups (broad SMARTS) is 1. The van der Waals surface area contributed by atoms with Gasteiger partial charge in [0, 0.05) is 31.4 Å². The molecule has 170 valence electrons. The molecule has 2 aromatic carbocycles. The number of benzene rings is 2. The number of nitrogens with zero attached hydrogens (tertiary/aromatic N) is 2. The summed E-state index contributed by atoms with van der Waals surface area (Å²) in [6.45, 7) is -0.396. The van der Waals surface area contributed by atoms with Gasteiger partial charge in [-0.05, 0) is 42.5 Å². The third-order valence-electron chi connectivity index (χ3n) is 3.88. The second-order valence-electron chi connectivity index (χ2n) is 6.53. The Morgan fingerprint density at radius 2 is 1.88 bits per heavy atom. The third-order valence-corrected chi connectivity index (χ3v) is 4.21. The lowest BCUT2D eigenvalue weighted by atomic mass is 10.2. The van der Waals surface area contributed by atoms with Crippen molar-refractivity contribution in [3.8, 4) is 5.75 Å². The van der Waals surface area contributed by atoms with Gasteiger partial charge in [-0.2, -0.15) is 13.2 Å². The van der Waals surface area contributed by atoms with Crippen LogP contribution in [0.4, 0.5) is 23.7 Å². The number of carboxylic acids is 1. The van der Waals surface area contributed by atoms with Gasteiger partial charge in [-0.25, -0.2) is 9.59 Å². The molecule has 1 aromatic heterocycles. The Morgan fingerprint density at radius 3 is 2.50 bits per heavy atom. The van der Waals surface area contributed by atoms with Crippen molar-refractivity contribution in [2.45, 2.75) is 6.18 Å². The summed E-state index contributed by atoms with van der Waals surface area (Å²) in [5.74, 6) is -0.610. The number of amides is 2. The first-order chi connectivity index (χ1) is 15.0. The highest BCUT2D eigenvalue weighted by atomic mass is 35.5. The van der Waals surface area contributed by atoms with Gasteiger partial charge in [0.15, 0.2) is 6.61 Å². The normalized spacial score (nSPS) is 10.7. The van der Waals surface area contributed by atoms with Crippen molar-refractivity contribution in [2.24, 2.45) is 0 Å². The molecule has 1 heterocycles. The van der Waals surface area contributed by atoms with Crippen molar-refractivity contribution in [3.63, 3.8) is 0 Å². The van der Waals surface area contributed by atoms with Gasteiger partial charge in [0.2, 0.25) is 0 Å². The SMILES string of the molecule is CN(C)C(=O)Nc1cccc(C(F)(F)F)c1.O=C(O)COc1ccc(Cl)c2cccnc12. The molecule has 0 saturated heterocycles. The fourth-order valence-electron chi connectivity index (χ4n) is 2.38.